The van der Waals surface area contributed by atoms with Gasteiger partial charge in [-0.3, -0.25) is 9.78 Å². The molecule has 0 saturated heterocycles. The van der Waals surface area contributed by atoms with Crippen LogP contribution in [-0.4, -0.2) is 10.8 Å². The Labute approximate surface area is 86.5 Å². The third-order valence-corrected chi connectivity index (χ3v) is 2.35. The van der Waals surface area contributed by atoms with Gasteiger partial charge in [-0.2, -0.15) is 0 Å². The van der Waals surface area contributed by atoms with Gasteiger partial charge in [0, 0.05) is 23.5 Å². The Morgan fingerprint density at radius 3 is 2.85 bits per heavy atom. The van der Waals surface area contributed by atoms with E-state index in [1.165, 1.54) is 0 Å². The van der Waals surface area contributed by atoms with Crippen molar-refractivity contribution in [3.63, 3.8) is 0 Å². The van der Waals surface area contributed by atoms with Crippen molar-refractivity contribution in [1.29, 1.82) is 0 Å². The molecule has 0 aromatic carbocycles. The first kappa shape index (κ1) is 10.4. The third kappa shape index (κ3) is 2.92. The number of rotatable bonds is 3. The molecule has 1 aromatic heterocycles. The minimum atomic E-state index is 0.234. The molecule has 13 heavy (non-hydrogen) atoms. The molecule has 0 aliphatic carbocycles. The Bertz CT molecular complexity index is 323. The fourth-order valence-corrected chi connectivity index (χ4v) is 1.51. The number of carbonyl (C=O) groups excluding carboxylic acids is 1. The molecular formula is C10H12BrNO. The van der Waals surface area contributed by atoms with Gasteiger partial charge >= 0.3 is 0 Å². The van der Waals surface area contributed by atoms with Crippen molar-refractivity contribution in [2.75, 3.05) is 0 Å². The van der Waals surface area contributed by atoms with Crippen LogP contribution in [0.2, 0.25) is 0 Å². The Morgan fingerprint density at radius 1 is 1.62 bits per heavy atom. The van der Waals surface area contributed by atoms with Gasteiger partial charge in [-0.1, -0.05) is 6.92 Å². The summed E-state index contributed by atoms with van der Waals surface area (Å²) in [5.74, 6) is 0.234. The van der Waals surface area contributed by atoms with Gasteiger partial charge in [0.2, 0.25) is 0 Å². The summed E-state index contributed by atoms with van der Waals surface area (Å²) in [5.41, 5.74) is 1.95. The van der Waals surface area contributed by atoms with E-state index in [4.69, 9.17) is 0 Å². The van der Waals surface area contributed by atoms with E-state index in [1.54, 1.807) is 6.20 Å². The van der Waals surface area contributed by atoms with Crippen LogP contribution in [0.4, 0.5) is 0 Å². The number of hydrogen-bond acceptors (Lipinski definition) is 2. The summed E-state index contributed by atoms with van der Waals surface area (Å²) in [6.45, 7) is 3.84. The molecule has 0 aliphatic heterocycles. The lowest BCUT2D eigenvalue weighted by atomic mass is 10.1. The minimum absolute atomic E-state index is 0.234. The molecule has 0 N–H and O–H groups in total. The number of aryl methyl sites for hydroxylation is 1. The highest BCUT2D eigenvalue weighted by Crippen LogP contribution is 2.13. The van der Waals surface area contributed by atoms with Crippen molar-refractivity contribution >= 4 is 21.7 Å². The maximum atomic E-state index is 11.2. The van der Waals surface area contributed by atoms with Crippen molar-refractivity contribution in [3.05, 3.63) is 28.0 Å². The summed E-state index contributed by atoms with van der Waals surface area (Å²) in [4.78, 5) is 15.4. The summed E-state index contributed by atoms with van der Waals surface area (Å²) < 4.78 is 0.956. The van der Waals surface area contributed by atoms with Crippen molar-refractivity contribution in [2.45, 2.75) is 26.7 Å². The number of halogens is 1. The number of aromatic nitrogens is 1. The molecule has 3 heteroatoms. The molecule has 0 aliphatic rings. The first-order chi connectivity index (χ1) is 6.13. The monoisotopic (exact) mass is 241 g/mol. The van der Waals surface area contributed by atoms with Gasteiger partial charge in [-0.05, 0) is 34.5 Å². The number of carbonyl (C=O) groups is 1. The van der Waals surface area contributed by atoms with Crippen LogP contribution in [0.3, 0.4) is 0 Å². The highest BCUT2D eigenvalue weighted by Gasteiger charge is 2.05. The summed E-state index contributed by atoms with van der Waals surface area (Å²) in [5, 5.41) is 0. The van der Waals surface area contributed by atoms with E-state index in [-0.39, 0.29) is 5.78 Å². The Morgan fingerprint density at radius 2 is 2.31 bits per heavy atom. The van der Waals surface area contributed by atoms with Crippen LogP contribution in [0, 0.1) is 6.92 Å². The van der Waals surface area contributed by atoms with E-state index in [0.717, 1.165) is 15.7 Å². The van der Waals surface area contributed by atoms with E-state index in [0.29, 0.717) is 12.8 Å². The number of Topliss-reactive ketones (excluding diaryl/α,β-unsaturated/α-hetero) is 1. The van der Waals surface area contributed by atoms with Crippen LogP contribution in [0.25, 0.3) is 0 Å². The lowest BCUT2D eigenvalue weighted by Gasteiger charge is -2.02. The molecule has 0 fully saturated rings. The summed E-state index contributed by atoms with van der Waals surface area (Å²) in [6, 6.07) is 1.98. The number of hydrogen-bond donors (Lipinski definition) is 0. The number of nitrogens with zero attached hydrogens (tertiary/aromatic N) is 1. The lowest BCUT2D eigenvalue weighted by molar-refractivity contribution is -0.118. The third-order valence-electron chi connectivity index (χ3n) is 1.91. The quantitative estimate of drug-likeness (QED) is 0.815. The van der Waals surface area contributed by atoms with Gasteiger partial charge < -0.3 is 0 Å². The van der Waals surface area contributed by atoms with Crippen LogP contribution in [0.5, 0.6) is 0 Å². The second-order valence-electron chi connectivity index (χ2n) is 2.99. The molecule has 0 atom stereocenters. The summed E-state index contributed by atoms with van der Waals surface area (Å²) in [7, 11) is 0. The van der Waals surface area contributed by atoms with Gasteiger partial charge in [-0.25, -0.2) is 0 Å². The highest BCUT2D eigenvalue weighted by atomic mass is 79.9. The maximum Gasteiger partial charge on any atom is 0.138 e. The van der Waals surface area contributed by atoms with Gasteiger partial charge in [0.1, 0.15) is 5.78 Å². The largest absolute Gasteiger partial charge is 0.299 e. The molecular weight excluding hydrogens is 230 g/mol. The van der Waals surface area contributed by atoms with Crippen molar-refractivity contribution in [1.82, 2.24) is 4.98 Å². The van der Waals surface area contributed by atoms with Gasteiger partial charge in [-0.15, -0.1) is 0 Å². The maximum absolute atomic E-state index is 11.2. The van der Waals surface area contributed by atoms with Crippen LogP contribution in [-0.2, 0) is 11.2 Å². The molecule has 0 unspecified atom stereocenters. The Hall–Kier alpha value is -0.700. The standard InChI is InChI=1S/C10H12BrNO/c1-3-9(13)5-10-7(2)4-8(11)6-12-10/h4,6H,3,5H2,1-2H3. The van der Waals surface area contributed by atoms with E-state index in [9.17, 15) is 4.79 Å². The minimum Gasteiger partial charge on any atom is -0.299 e. The second-order valence-corrected chi connectivity index (χ2v) is 3.90. The topological polar surface area (TPSA) is 30.0 Å². The van der Waals surface area contributed by atoms with E-state index in [1.807, 2.05) is 19.9 Å². The molecule has 0 bridgehead atoms. The average molecular weight is 242 g/mol. The fourth-order valence-electron chi connectivity index (χ4n) is 1.07. The number of ketones is 1. The molecule has 0 amide bonds. The van der Waals surface area contributed by atoms with Crippen LogP contribution in [0.1, 0.15) is 24.6 Å². The summed E-state index contributed by atoms with van der Waals surface area (Å²) in [6.07, 6.45) is 2.76. The van der Waals surface area contributed by atoms with Crippen LogP contribution in [0.15, 0.2) is 16.7 Å². The molecule has 70 valence electrons. The molecule has 1 rings (SSSR count). The average Bonchev–Trinajstić information content (AvgIpc) is 2.09. The Kier molecular flexibility index (Phi) is 3.60. The molecule has 0 saturated carbocycles. The van der Waals surface area contributed by atoms with E-state index >= 15 is 0 Å². The lowest BCUT2D eigenvalue weighted by Crippen LogP contribution is -2.04. The van der Waals surface area contributed by atoms with Crippen molar-refractivity contribution in [2.24, 2.45) is 0 Å². The predicted octanol–water partition coefficient (Wildman–Crippen LogP) is 2.67. The molecule has 1 heterocycles. The van der Waals surface area contributed by atoms with Gasteiger partial charge in [0.05, 0.1) is 5.69 Å². The smallest absolute Gasteiger partial charge is 0.138 e. The molecule has 0 radical (unpaired) electrons. The highest BCUT2D eigenvalue weighted by molar-refractivity contribution is 9.10. The van der Waals surface area contributed by atoms with E-state index in [2.05, 4.69) is 20.9 Å². The van der Waals surface area contributed by atoms with Crippen LogP contribution >= 0.6 is 15.9 Å². The zero-order valence-electron chi connectivity index (χ0n) is 7.80. The van der Waals surface area contributed by atoms with Crippen LogP contribution < -0.4 is 0 Å². The SMILES string of the molecule is CCC(=O)Cc1ncc(Br)cc1C. The van der Waals surface area contributed by atoms with Gasteiger partial charge in [0.25, 0.3) is 0 Å². The van der Waals surface area contributed by atoms with Crippen molar-refractivity contribution in [3.8, 4) is 0 Å². The number of pyridine rings is 1. The van der Waals surface area contributed by atoms with Crippen molar-refractivity contribution < 1.29 is 4.79 Å². The first-order valence-corrected chi connectivity index (χ1v) is 5.05. The molecule has 0 spiro atoms. The first-order valence-electron chi connectivity index (χ1n) is 4.26. The van der Waals surface area contributed by atoms with E-state index < -0.39 is 0 Å². The fraction of sp³-hybridized carbons (Fsp3) is 0.400. The second kappa shape index (κ2) is 4.51. The summed E-state index contributed by atoms with van der Waals surface area (Å²) >= 11 is 3.33. The predicted molar refractivity (Wildman–Crippen MR) is 55.7 cm³/mol. The normalized spacial score (nSPS) is 10.1. The Balaban J connectivity index is 2.83. The molecule has 2 nitrogen and oxygen atoms in total. The van der Waals surface area contributed by atoms with Gasteiger partial charge in [0.15, 0.2) is 0 Å². The zero-order chi connectivity index (χ0) is 9.84. The molecule has 1 aromatic rings. The zero-order valence-corrected chi connectivity index (χ0v) is 9.39.